The summed E-state index contributed by atoms with van der Waals surface area (Å²) in [6, 6.07) is 1.91. The maximum absolute atomic E-state index is 11.9. The molecule has 2 rings (SSSR count). The van der Waals surface area contributed by atoms with E-state index in [9.17, 15) is 4.79 Å². The van der Waals surface area contributed by atoms with E-state index in [0.29, 0.717) is 32.1 Å². The maximum atomic E-state index is 11.9. The second-order valence-electron chi connectivity index (χ2n) is 4.18. The van der Waals surface area contributed by atoms with Crippen molar-refractivity contribution in [2.45, 2.75) is 18.9 Å². The van der Waals surface area contributed by atoms with Crippen LogP contribution in [-0.4, -0.2) is 52.8 Å². The molecule has 5 nitrogen and oxygen atoms in total. The highest BCUT2D eigenvalue weighted by Gasteiger charge is 2.17. The summed E-state index contributed by atoms with van der Waals surface area (Å²) in [4.78, 5) is 22.3. The Balaban J connectivity index is 1.88. The summed E-state index contributed by atoms with van der Waals surface area (Å²) < 4.78 is 5.22. The van der Waals surface area contributed by atoms with Gasteiger partial charge in [0.1, 0.15) is 10.9 Å². The van der Waals surface area contributed by atoms with E-state index >= 15 is 0 Å². The molecule has 18 heavy (non-hydrogen) atoms. The number of rotatable bonds is 3. The van der Waals surface area contributed by atoms with Crippen LogP contribution in [0.1, 0.15) is 11.5 Å². The van der Waals surface area contributed by atoms with E-state index in [4.69, 9.17) is 4.74 Å². The fraction of sp³-hybridized carbons (Fsp3) is 0.583. The molecule has 1 aromatic heterocycles. The molecule has 1 aliphatic rings. The van der Waals surface area contributed by atoms with E-state index in [0.717, 1.165) is 16.5 Å². The zero-order chi connectivity index (χ0) is 13.0. The summed E-state index contributed by atoms with van der Waals surface area (Å²) in [5.74, 6) is 1.32. The summed E-state index contributed by atoms with van der Waals surface area (Å²) in [5.41, 5.74) is 0.934. The Labute approximate surface area is 111 Å². The van der Waals surface area contributed by atoms with Gasteiger partial charge < -0.3 is 9.64 Å². The van der Waals surface area contributed by atoms with E-state index in [1.165, 1.54) is 11.8 Å². The van der Waals surface area contributed by atoms with Crippen molar-refractivity contribution in [3.8, 4) is 0 Å². The number of ether oxygens (including phenoxy) is 1. The SMILES string of the molecule is Cc1cc(SCC(=O)N2CCOCC2)nc(C)n1. The van der Waals surface area contributed by atoms with E-state index < -0.39 is 0 Å². The lowest BCUT2D eigenvalue weighted by Gasteiger charge is -2.26. The predicted octanol–water partition coefficient (Wildman–Crippen LogP) is 1.04. The largest absolute Gasteiger partial charge is 0.378 e. The highest BCUT2D eigenvalue weighted by molar-refractivity contribution is 7.99. The minimum absolute atomic E-state index is 0.150. The van der Waals surface area contributed by atoms with Gasteiger partial charge in [0, 0.05) is 18.8 Å². The number of nitrogens with zero attached hydrogens (tertiary/aromatic N) is 3. The molecule has 6 heteroatoms. The molecule has 1 aromatic rings. The summed E-state index contributed by atoms with van der Waals surface area (Å²) in [7, 11) is 0. The van der Waals surface area contributed by atoms with Gasteiger partial charge in [-0.05, 0) is 19.9 Å². The molecule has 0 spiro atoms. The van der Waals surface area contributed by atoms with Crippen molar-refractivity contribution in [1.82, 2.24) is 14.9 Å². The summed E-state index contributed by atoms with van der Waals surface area (Å²) >= 11 is 1.47. The molecule has 1 fully saturated rings. The number of hydrogen-bond donors (Lipinski definition) is 0. The number of amides is 1. The van der Waals surface area contributed by atoms with Crippen LogP contribution in [0.15, 0.2) is 11.1 Å². The van der Waals surface area contributed by atoms with E-state index in [1.807, 2.05) is 24.8 Å². The molecule has 2 heterocycles. The van der Waals surface area contributed by atoms with Gasteiger partial charge in [-0.2, -0.15) is 0 Å². The highest BCUT2D eigenvalue weighted by Crippen LogP contribution is 2.17. The van der Waals surface area contributed by atoms with Crippen molar-refractivity contribution < 1.29 is 9.53 Å². The second kappa shape index (κ2) is 6.15. The van der Waals surface area contributed by atoms with Gasteiger partial charge >= 0.3 is 0 Å². The van der Waals surface area contributed by atoms with E-state index in [-0.39, 0.29) is 5.91 Å². The molecule has 1 amide bonds. The van der Waals surface area contributed by atoms with E-state index in [1.54, 1.807) is 0 Å². The van der Waals surface area contributed by atoms with Crippen molar-refractivity contribution >= 4 is 17.7 Å². The fourth-order valence-corrected chi connectivity index (χ4v) is 2.70. The topological polar surface area (TPSA) is 55.3 Å². The lowest BCUT2D eigenvalue weighted by molar-refractivity contribution is -0.132. The molecule has 0 aliphatic carbocycles. The van der Waals surface area contributed by atoms with Crippen LogP contribution in [0.25, 0.3) is 0 Å². The summed E-state index contributed by atoms with van der Waals surface area (Å²) in [6.07, 6.45) is 0. The Morgan fingerprint density at radius 3 is 2.78 bits per heavy atom. The van der Waals surface area contributed by atoms with Gasteiger partial charge in [-0.25, -0.2) is 9.97 Å². The number of aryl methyl sites for hydroxylation is 2. The number of carbonyl (C=O) groups excluding carboxylic acids is 1. The Bertz CT molecular complexity index is 413. The zero-order valence-corrected chi connectivity index (χ0v) is 11.5. The maximum Gasteiger partial charge on any atom is 0.233 e. The van der Waals surface area contributed by atoms with Crippen LogP contribution in [0, 0.1) is 13.8 Å². The van der Waals surface area contributed by atoms with Gasteiger partial charge in [0.15, 0.2) is 0 Å². The fourth-order valence-electron chi connectivity index (χ4n) is 1.80. The van der Waals surface area contributed by atoms with E-state index in [2.05, 4.69) is 9.97 Å². The minimum Gasteiger partial charge on any atom is -0.378 e. The predicted molar refractivity (Wildman–Crippen MR) is 69.6 cm³/mol. The molecule has 1 saturated heterocycles. The number of carbonyl (C=O) groups is 1. The molecular weight excluding hydrogens is 250 g/mol. The molecule has 0 radical (unpaired) electrons. The van der Waals surface area contributed by atoms with Gasteiger partial charge in [0.05, 0.1) is 19.0 Å². The average Bonchev–Trinajstić information content (AvgIpc) is 2.36. The molecule has 0 unspecified atom stereocenters. The van der Waals surface area contributed by atoms with Crippen molar-refractivity contribution in [1.29, 1.82) is 0 Å². The van der Waals surface area contributed by atoms with Crippen molar-refractivity contribution in [3.05, 3.63) is 17.6 Å². The summed E-state index contributed by atoms with van der Waals surface area (Å²) in [5, 5.41) is 0.863. The normalized spacial score (nSPS) is 15.8. The first-order valence-corrected chi connectivity index (χ1v) is 6.94. The van der Waals surface area contributed by atoms with Crippen molar-refractivity contribution in [3.63, 3.8) is 0 Å². The molecule has 0 N–H and O–H groups in total. The van der Waals surface area contributed by atoms with Crippen LogP contribution in [0.2, 0.25) is 0 Å². The first-order valence-electron chi connectivity index (χ1n) is 5.96. The van der Waals surface area contributed by atoms with Crippen LogP contribution >= 0.6 is 11.8 Å². The van der Waals surface area contributed by atoms with Crippen LogP contribution in [0.5, 0.6) is 0 Å². The van der Waals surface area contributed by atoms with Crippen LogP contribution in [-0.2, 0) is 9.53 Å². The van der Waals surface area contributed by atoms with Gasteiger partial charge in [0.25, 0.3) is 0 Å². The molecule has 1 aliphatic heterocycles. The lowest BCUT2D eigenvalue weighted by Crippen LogP contribution is -2.41. The number of morpholine rings is 1. The van der Waals surface area contributed by atoms with Gasteiger partial charge in [-0.3, -0.25) is 4.79 Å². The van der Waals surface area contributed by atoms with Crippen molar-refractivity contribution in [2.24, 2.45) is 0 Å². The molecule has 0 atom stereocenters. The van der Waals surface area contributed by atoms with Crippen LogP contribution < -0.4 is 0 Å². The lowest BCUT2D eigenvalue weighted by atomic mass is 10.4. The smallest absolute Gasteiger partial charge is 0.233 e. The average molecular weight is 267 g/mol. The standard InChI is InChI=1S/C12H17N3O2S/c1-9-7-11(14-10(2)13-9)18-8-12(16)15-3-5-17-6-4-15/h7H,3-6,8H2,1-2H3. The van der Waals surface area contributed by atoms with Gasteiger partial charge in [-0.1, -0.05) is 11.8 Å². The second-order valence-corrected chi connectivity index (χ2v) is 5.17. The Hall–Kier alpha value is -1.14. The quantitative estimate of drug-likeness (QED) is 0.605. The minimum atomic E-state index is 0.150. The zero-order valence-electron chi connectivity index (χ0n) is 10.7. The number of thioether (sulfide) groups is 1. The molecule has 0 saturated carbocycles. The highest BCUT2D eigenvalue weighted by atomic mass is 32.2. The monoisotopic (exact) mass is 267 g/mol. The van der Waals surface area contributed by atoms with Crippen LogP contribution in [0.3, 0.4) is 0 Å². The van der Waals surface area contributed by atoms with Gasteiger partial charge in [0.2, 0.25) is 5.91 Å². The Morgan fingerprint density at radius 1 is 1.39 bits per heavy atom. The number of aromatic nitrogens is 2. The first-order chi connectivity index (χ1) is 8.65. The Kier molecular flexibility index (Phi) is 4.54. The number of hydrogen-bond acceptors (Lipinski definition) is 5. The van der Waals surface area contributed by atoms with Crippen LogP contribution in [0.4, 0.5) is 0 Å². The third-order valence-corrected chi connectivity index (χ3v) is 3.55. The molecule has 0 aromatic carbocycles. The third kappa shape index (κ3) is 3.68. The molecule has 98 valence electrons. The van der Waals surface area contributed by atoms with Crippen molar-refractivity contribution in [2.75, 3.05) is 32.1 Å². The molecule has 0 bridgehead atoms. The van der Waals surface area contributed by atoms with Gasteiger partial charge in [-0.15, -0.1) is 0 Å². The Morgan fingerprint density at radius 2 is 2.11 bits per heavy atom. The first kappa shape index (κ1) is 13.3. The molecular formula is C12H17N3O2S. The third-order valence-electron chi connectivity index (χ3n) is 2.65. The summed E-state index contributed by atoms with van der Waals surface area (Å²) in [6.45, 7) is 6.47.